The Labute approximate surface area is 194 Å². The highest BCUT2D eigenvalue weighted by Gasteiger charge is 2.28. The first kappa shape index (κ1) is 23.1. The van der Waals surface area contributed by atoms with Gasteiger partial charge < -0.3 is 19.0 Å². The predicted octanol–water partition coefficient (Wildman–Crippen LogP) is 4.00. The van der Waals surface area contributed by atoms with Crippen molar-refractivity contribution >= 4 is 21.4 Å². The van der Waals surface area contributed by atoms with Crippen LogP contribution in [0.25, 0.3) is 0 Å². The second-order valence-corrected chi connectivity index (χ2v) is 10.2. The number of hydrogen-bond donors (Lipinski definition) is 0. The molecule has 2 heterocycles. The third-order valence-corrected chi connectivity index (χ3v) is 7.31. The molecule has 8 heteroatoms. The van der Waals surface area contributed by atoms with Crippen LogP contribution in [-0.2, 0) is 21.1 Å². The molecule has 0 spiro atoms. The van der Waals surface area contributed by atoms with Gasteiger partial charge >= 0.3 is 0 Å². The third kappa shape index (κ3) is 5.29. The lowest BCUT2D eigenvalue weighted by molar-refractivity contribution is 0.0480. The number of carbonyl (C=O) groups excluding carboxylic acids is 1. The van der Waals surface area contributed by atoms with Crippen LogP contribution in [0.15, 0.2) is 81.1 Å². The topological polar surface area (TPSA) is 80.1 Å². The van der Waals surface area contributed by atoms with Gasteiger partial charge in [-0.3, -0.25) is 4.79 Å². The standard InChI is InChI=1S/C25H28N2O5S/c1-26(2)20-12-10-19(11-13-20)17-27(18-21-7-6-16-31-21)25(28)23-14-15-24(32-23)33(29,30)22-8-4-3-5-9-22/h3-5,8-15,21H,6-7,16-18H2,1-2H3. The van der Waals surface area contributed by atoms with Crippen molar-refractivity contribution in [3.8, 4) is 0 Å². The number of anilines is 1. The normalized spacial score (nSPS) is 16.0. The average molecular weight is 469 g/mol. The van der Waals surface area contributed by atoms with Crippen LogP contribution in [0, 0.1) is 0 Å². The molecule has 1 aliphatic heterocycles. The summed E-state index contributed by atoms with van der Waals surface area (Å²) in [6, 6.07) is 18.8. The first-order valence-corrected chi connectivity index (χ1v) is 12.4. The van der Waals surface area contributed by atoms with Gasteiger partial charge in [-0.1, -0.05) is 30.3 Å². The van der Waals surface area contributed by atoms with E-state index in [0.29, 0.717) is 19.7 Å². The second kappa shape index (κ2) is 9.80. The number of sulfone groups is 1. The maximum absolute atomic E-state index is 13.4. The summed E-state index contributed by atoms with van der Waals surface area (Å²) in [7, 11) is 0.107. The minimum Gasteiger partial charge on any atom is -0.439 e. The van der Waals surface area contributed by atoms with Gasteiger partial charge in [-0.05, 0) is 54.8 Å². The predicted molar refractivity (Wildman–Crippen MR) is 125 cm³/mol. The van der Waals surface area contributed by atoms with Crippen LogP contribution in [0.1, 0.15) is 29.0 Å². The molecule has 0 N–H and O–H groups in total. The molecule has 1 aliphatic rings. The van der Waals surface area contributed by atoms with E-state index in [-0.39, 0.29) is 27.8 Å². The lowest BCUT2D eigenvalue weighted by Gasteiger charge is -2.25. The van der Waals surface area contributed by atoms with Gasteiger partial charge in [-0.2, -0.15) is 0 Å². The largest absolute Gasteiger partial charge is 0.439 e. The number of amides is 1. The molecule has 2 aromatic carbocycles. The smallest absolute Gasteiger partial charge is 0.290 e. The highest BCUT2D eigenvalue weighted by Crippen LogP contribution is 2.25. The Kier molecular flexibility index (Phi) is 6.85. The van der Waals surface area contributed by atoms with Crippen LogP contribution in [-0.4, -0.2) is 52.6 Å². The van der Waals surface area contributed by atoms with Gasteiger partial charge in [0.15, 0.2) is 5.76 Å². The molecule has 1 fully saturated rings. The van der Waals surface area contributed by atoms with Crippen molar-refractivity contribution in [1.29, 1.82) is 0 Å². The summed E-state index contributed by atoms with van der Waals surface area (Å²) in [5, 5.41) is -0.246. The molecule has 1 saturated heterocycles. The Morgan fingerprint density at radius 2 is 1.73 bits per heavy atom. The Morgan fingerprint density at radius 3 is 2.36 bits per heavy atom. The van der Waals surface area contributed by atoms with Crippen molar-refractivity contribution in [2.24, 2.45) is 0 Å². The van der Waals surface area contributed by atoms with Crippen molar-refractivity contribution in [3.63, 3.8) is 0 Å². The van der Waals surface area contributed by atoms with Crippen LogP contribution in [0.2, 0.25) is 0 Å². The number of rotatable bonds is 8. The number of furan rings is 1. The molecule has 3 aromatic rings. The van der Waals surface area contributed by atoms with Crippen LogP contribution in [0.5, 0.6) is 0 Å². The van der Waals surface area contributed by atoms with Crippen molar-refractivity contribution < 1.29 is 22.4 Å². The minimum atomic E-state index is -3.84. The van der Waals surface area contributed by atoms with Gasteiger partial charge in [0.25, 0.3) is 5.91 Å². The van der Waals surface area contributed by atoms with E-state index in [1.54, 1.807) is 23.1 Å². The van der Waals surface area contributed by atoms with Gasteiger partial charge in [-0.15, -0.1) is 0 Å². The van der Waals surface area contributed by atoms with Crippen LogP contribution in [0.4, 0.5) is 5.69 Å². The van der Waals surface area contributed by atoms with E-state index in [4.69, 9.17) is 9.15 Å². The van der Waals surface area contributed by atoms with E-state index in [1.807, 2.05) is 43.3 Å². The molecule has 0 bridgehead atoms. The summed E-state index contributed by atoms with van der Waals surface area (Å²) in [4.78, 5) is 17.2. The number of carbonyl (C=O) groups is 1. The average Bonchev–Trinajstić information content (AvgIpc) is 3.52. The highest BCUT2D eigenvalue weighted by molar-refractivity contribution is 7.91. The summed E-state index contributed by atoms with van der Waals surface area (Å²) in [6.07, 6.45) is 1.80. The van der Waals surface area contributed by atoms with Gasteiger partial charge in [0.05, 0.1) is 11.0 Å². The van der Waals surface area contributed by atoms with Gasteiger partial charge in [-0.25, -0.2) is 8.42 Å². The monoisotopic (exact) mass is 468 g/mol. The maximum Gasteiger partial charge on any atom is 0.290 e. The molecule has 4 rings (SSSR count). The van der Waals surface area contributed by atoms with Crippen molar-refractivity contribution in [2.75, 3.05) is 32.1 Å². The Morgan fingerprint density at radius 1 is 1.00 bits per heavy atom. The second-order valence-electron chi connectivity index (χ2n) is 8.32. The quantitative estimate of drug-likeness (QED) is 0.497. The molecule has 0 radical (unpaired) electrons. The molecule has 174 valence electrons. The molecule has 1 unspecified atom stereocenters. The third-order valence-electron chi connectivity index (χ3n) is 5.67. The molecular weight excluding hydrogens is 440 g/mol. The molecule has 7 nitrogen and oxygen atoms in total. The Bertz CT molecular complexity index is 1180. The molecule has 1 aromatic heterocycles. The Hall–Kier alpha value is -3.10. The molecule has 0 saturated carbocycles. The number of hydrogen-bond acceptors (Lipinski definition) is 6. The zero-order chi connectivity index (χ0) is 23.4. The van der Waals surface area contributed by atoms with Crippen LogP contribution < -0.4 is 4.90 Å². The summed E-state index contributed by atoms with van der Waals surface area (Å²) in [5.74, 6) is -0.371. The fraction of sp³-hybridized carbons (Fsp3) is 0.320. The summed E-state index contributed by atoms with van der Waals surface area (Å²) in [5.41, 5.74) is 2.04. The molecule has 33 heavy (non-hydrogen) atoms. The van der Waals surface area contributed by atoms with Crippen LogP contribution in [0.3, 0.4) is 0 Å². The van der Waals surface area contributed by atoms with Gasteiger partial charge in [0.2, 0.25) is 14.9 Å². The van der Waals surface area contributed by atoms with Crippen molar-refractivity contribution in [1.82, 2.24) is 4.90 Å². The van der Waals surface area contributed by atoms with Crippen molar-refractivity contribution in [3.05, 3.63) is 78.1 Å². The number of ether oxygens (including phenoxy) is 1. The zero-order valence-electron chi connectivity index (χ0n) is 18.8. The fourth-order valence-corrected chi connectivity index (χ4v) is 5.02. The van der Waals surface area contributed by atoms with E-state index in [0.717, 1.165) is 24.1 Å². The lowest BCUT2D eigenvalue weighted by Crippen LogP contribution is -2.36. The maximum atomic E-state index is 13.4. The van der Waals surface area contributed by atoms with E-state index >= 15 is 0 Å². The SMILES string of the molecule is CN(C)c1ccc(CN(CC2CCCO2)C(=O)c2ccc(S(=O)(=O)c3ccccc3)o2)cc1. The fourth-order valence-electron chi connectivity index (χ4n) is 3.82. The number of nitrogens with zero attached hydrogens (tertiary/aromatic N) is 2. The van der Waals surface area contributed by atoms with Gasteiger partial charge in [0.1, 0.15) is 0 Å². The van der Waals surface area contributed by atoms with E-state index in [9.17, 15) is 13.2 Å². The highest BCUT2D eigenvalue weighted by atomic mass is 32.2. The molecule has 0 aliphatic carbocycles. The first-order valence-electron chi connectivity index (χ1n) is 10.9. The summed E-state index contributed by atoms with van der Waals surface area (Å²) in [6.45, 7) is 1.47. The summed E-state index contributed by atoms with van der Waals surface area (Å²) >= 11 is 0. The summed E-state index contributed by atoms with van der Waals surface area (Å²) < 4.78 is 37.0. The zero-order valence-corrected chi connectivity index (χ0v) is 19.6. The van der Waals surface area contributed by atoms with E-state index in [1.165, 1.54) is 24.3 Å². The van der Waals surface area contributed by atoms with E-state index < -0.39 is 9.84 Å². The van der Waals surface area contributed by atoms with Gasteiger partial charge in [0, 0.05) is 39.5 Å². The molecule has 1 amide bonds. The van der Waals surface area contributed by atoms with E-state index in [2.05, 4.69) is 0 Å². The Balaban J connectivity index is 1.57. The van der Waals surface area contributed by atoms with Crippen molar-refractivity contribution in [2.45, 2.75) is 35.5 Å². The van der Waals surface area contributed by atoms with Crippen LogP contribution >= 0.6 is 0 Å². The molecular formula is C25H28N2O5S. The molecule has 1 atom stereocenters. The first-order chi connectivity index (χ1) is 15.8. The number of benzene rings is 2. The minimum absolute atomic E-state index is 0.00702. The lowest BCUT2D eigenvalue weighted by atomic mass is 10.1.